The van der Waals surface area contributed by atoms with E-state index in [1.165, 1.54) is 23.1 Å². The van der Waals surface area contributed by atoms with Gasteiger partial charge in [0.05, 0.1) is 22.3 Å². The lowest BCUT2D eigenvalue weighted by Crippen LogP contribution is -2.28. The van der Waals surface area contributed by atoms with Crippen LogP contribution >= 0.6 is 23.2 Å². The van der Waals surface area contributed by atoms with Crippen LogP contribution < -0.4 is 10.2 Å². The number of hydrogen-bond acceptors (Lipinski definition) is 2. The lowest BCUT2D eigenvalue weighted by atomic mass is 10.1. The zero-order valence-electron chi connectivity index (χ0n) is 12.4. The molecule has 0 saturated carbocycles. The van der Waals surface area contributed by atoms with Crippen molar-refractivity contribution in [3.63, 3.8) is 0 Å². The topological polar surface area (TPSA) is 49.4 Å². The van der Waals surface area contributed by atoms with Crippen LogP contribution in [0.1, 0.15) is 6.42 Å². The predicted molar refractivity (Wildman–Crippen MR) is 92.0 cm³/mol. The molecule has 2 amide bonds. The number of benzene rings is 2. The molecule has 1 aliphatic rings. The first-order valence-corrected chi connectivity index (χ1v) is 8.02. The second-order valence-electron chi connectivity index (χ2n) is 5.47. The van der Waals surface area contributed by atoms with Crippen LogP contribution in [0.25, 0.3) is 0 Å². The fraction of sp³-hybridized carbons (Fsp3) is 0.176. The molecule has 1 saturated heterocycles. The third-order valence-corrected chi connectivity index (χ3v) is 4.38. The fourth-order valence-electron chi connectivity index (χ4n) is 2.61. The number of nitrogens with zero attached hydrogens (tertiary/aromatic N) is 1. The Bertz CT molecular complexity index is 813. The number of hydrogen-bond donors (Lipinski definition) is 1. The van der Waals surface area contributed by atoms with Crippen LogP contribution in [0, 0.1) is 11.7 Å². The van der Waals surface area contributed by atoms with Gasteiger partial charge < -0.3 is 10.2 Å². The lowest BCUT2D eigenvalue weighted by Gasteiger charge is -2.17. The van der Waals surface area contributed by atoms with Gasteiger partial charge in [-0.15, -0.1) is 0 Å². The lowest BCUT2D eigenvalue weighted by molar-refractivity contribution is -0.122. The average molecular weight is 367 g/mol. The van der Waals surface area contributed by atoms with E-state index in [1.54, 1.807) is 24.3 Å². The number of halogens is 3. The highest BCUT2D eigenvalue weighted by molar-refractivity contribution is 6.36. The number of anilines is 2. The minimum atomic E-state index is -0.580. The summed E-state index contributed by atoms with van der Waals surface area (Å²) in [6.45, 7) is 0.122. The van der Waals surface area contributed by atoms with Gasteiger partial charge in [-0.1, -0.05) is 35.3 Å². The number of carbonyl (C=O) groups excluding carboxylic acids is 2. The number of rotatable bonds is 3. The summed E-state index contributed by atoms with van der Waals surface area (Å²) in [4.78, 5) is 25.8. The van der Waals surface area contributed by atoms with Crippen LogP contribution in [-0.2, 0) is 9.59 Å². The average Bonchev–Trinajstić information content (AvgIpc) is 2.92. The fourth-order valence-corrected chi connectivity index (χ4v) is 3.07. The Morgan fingerprint density at radius 3 is 2.67 bits per heavy atom. The van der Waals surface area contributed by atoms with Gasteiger partial charge in [0.15, 0.2) is 0 Å². The molecule has 3 rings (SSSR count). The van der Waals surface area contributed by atoms with Crippen LogP contribution in [0.3, 0.4) is 0 Å². The van der Waals surface area contributed by atoms with E-state index in [9.17, 15) is 14.0 Å². The van der Waals surface area contributed by atoms with Gasteiger partial charge in [0.25, 0.3) is 0 Å². The summed E-state index contributed by atoms with van der Waals surface area (Å²) in [6, 6.07) is 10.7. The Balaban J connectivity index is 1.73. The summed E-state index contributed by atoms with van der Waals surface area (Å²) in [7, 11) is 0. The molecule has 0 aromatic heterocycles. The van der Waals surface area contributed by atoms with Crippen molar-refractivity contribution in [1.82, 2.24) is 0 Å². The third-order valence-electron chi connectivity index (χ3n) is 3.83. The highest BCUT2D eigenvalue weighted by atomic mass is 35.5. The zero-order valence-corrected chi connectivity index (χ0v) is 13.9. The molecule has 7 heteroatoms. The SMILES string of the molecule is O=C(Nc1ccc(Cl)cc1Cl)[C@@H]1CC(=O)N(c2ccccc2F)C1. The third kappa shape index (κ3) is 3.37. The molecule has 2 aromatic carbocycles. The molecule has 0 radical (unpaired) electrons. The van der Waals surface area contributed by atoms with Crippen LogP contribution in [0.2, 0.25) is 10.0 Å². The Hall–Kier alpha value is -2.11. The first kappa shape index (κ1) is 16.7. The molecule has 24 heavy (non-hydrogen) atoms. The molecule has 2 aromatic rings. The highest BCUT2D eigenvalue weighted by Gasteiger charge is 2.36. The number of carbonyl (C=O) groups is 2. The minimum absolute atomic E-state index is 0.0192. The number of para-hydroxylation sites is 1. The highest BCUT2D eigenvalue weighted by Crippen LogP contribution is 2.30. The second-order valence-corrected chi connectivity index (χ2v) is 6.31. The van der Waals surface area contributed by atoms with Gasteiger partial charge in [-0.2, -0.15) is 0 Å². The predicted octanol–water partition coefficient (Wildman–Crippen LogP) is 4.12. The van der Waals surface area contributed by atoms with E-state index in [4.69, 9.17) is 23.2 Å². The molecule has 1 atom stereocenters. The van der Waals surface area contributed by atoms with Crippen molar-refractivity contribution in [3.8, 4) is 0 Å². The quantitative estimate of drug-likeness (QED) is 0.887. The standard InChI is InChI=1S/C17H13Cl2FN2O2/c18-11-5-6-14(12(19)8-11)21-17(24)10-7-16(23)22(9-10)15-4-2-1-3-13(15)20/h1-6,8,10H,7,9H2,(H,21,24)/t10-/m1/s1. The smallest absolute Gasteiger partial charge is 0.229 e. The maximum Gasteiger partial charge on any atom is 0.229 e. The summed E-state index contributed by atoms with van der Waals surface area (Å²) >= 11 is 11.8. The van der Waals surface area contributed by atoms with Gasteiger partial charge in [-0.05, 0) is 30.3 Å². The number of amides is 2. The van der Waals surface area contributed by atoms with E-state index in [2.05, 4.69) is 5.32 Å². The van der Waals surface area contributed by atoms with E-state index in [0.29, 0.717) is 15.7 Å². The Morgan fingerprint density at radius 1 is 1.21 bits per heavy atom. The van der Waals surface area contributed by atoms with E-state index >= 15 is 0 Å². The molecular formula is C17H13Cl2FN2O2. The van der Waals surface area contributed by atoms with Gasteiger partial charge in [0, 0.05) is 18.0 Å². The van der Waals surface area contributed by atoms with Crippen LogP contribution in [0.4, 0.5) is 15.8 Å². The van der Waals surface area contributed by atoms with Crippen molar-refractivity contribution < 1.29 is 14.0 Å². The van der Waals surface area contributed by atoms with Gasteiger partial charge >= 0.3 is 0 Å². The van der Waals surface area contributed by atoms with Gasteiger partial charge in [-0.3, -0.25) is 9.59 Å². The molecule has 1 N–H and O–H groups in total. The Kier molecular flexibility index (Phi) is 4.73. The van der Waals surface area contributed by atoms with Crippen molar-refractivity contribution in [1.29, 1.82) is 0 Å². The van der Waals surface area contributed by atoms with Crippen molar-refractivity contribution >= 4 is 46.4 Å². The van der Waals surface area contributed by atoms with E-state index in [1.807, 2.05) is 0 Å². The largest absolute Gasteiger partial charge is 0.324 e. The van der Waals surface area contributed by atoms with E-state index in [-0.39, 0.29) is 30.5 Å². The molecule has 4 nitrogen and oxygen atoms in total. The van der Waals surface area contributed by atoms with E-state index < -0.39 is 11.7 Å². The summed E-state index contributed by atoms with van der Waals surface area (Å²) in [5.41, 5.74) is 0.602. The Labute approximate surface area is 148 Å². The second kappa shape index (κ2) is 6.79. The Morgan fingerprint density at radius 2 is 1.96 bits per heavy atom. The van der Waals surface area contributed by atoms with Crippen molar-refractivity contribution in [2.24, 2.45) is 5.92 Å². The first-order chi connectivity index (χ1) is 11.5. The summed E-state index contributed by atoms with van der Waals surface area (Å²) in [6.07, 6.45) is 0.0192. The van der Waals surface area contributed by atoms with Crippen LogP contribution in [0.5, 0.6) is 0 Å². The first-order valence-electron chi connectivity index (χ1n) is 7.26. The van der Waals surface area contributed by atoms with E-state index in [0.717, 1.165) is 0 Å². The normalized spacial score (nSPS) is 17.2. The van der Waals surface area contributed by atoms with Gasteiger partial charge in [0.1, 0.15) is 5.82 Å². The van der Waals surface area contributed by atoms with Crippen LogP contribution in [0.15, 0.2) is 42.5 Å². The zero-order chi connectivity index (χ0) is 17.3. The molecule has 0 aliphatic carbocycles. The van der Waals surface area contributed by atoms with Crippen molar-refractivity contribution in [2.75, 3.05) is 16.8 Å². The molecular weight excluding hydrogens is 354 g/mol. The molecule has 0 bridgehead atoms. The van der Waals surface area contributed by atoms with Gasteiger partial charge in [0.2, 0.25) is 11.8 Å². The minimum Gasteiger partial charge on any atom is -0.324 e. The molecule has 1 fully saturated rings. The molecule has 0 unspecified atom stereocenters. The molecule has 1 aliphatic heterocycles. The van der Waals surface area contributed by atoms with Crippen LogP contribution in [-0.4, -0.2) is 18.4 Å². The van der Waals surface area contributed by atoms with Gasteiger partial charge in [-0.25, -0.2) is 4.39 Å². The molecule has 0 spiro atoms. The maximum atomic E-state index is 13.9. The molecule has 1 heterocycles. The van der Waals surface area contributed by atoms with Crippen molar-refractivity contribution in [3.05, 3.63) is 58.3 Å². The van der Waals surface area contributed by atoms with Crippen molar-refractivity contribution in [2.45, 2.75) is 6.42 Å². The molecule has 124 valence electrons. The summed E-state index contributed by atoms with van der Waals surface area (Å²) < 4.78 is 13.9. The number of nitrogens with one attached hydrogen (secondary N) is 1. The summed E-state index contributed by atoms with van der Waals surface area (Å²) in [5, 5.41) is 3.45. The maximum absolute atomic E-state index is 13.9. The summed E-state index contributed by atoms with van der Waals surface area (Å²) in [5.74, 6) is -1.70. The monoisotopic (exact) mass is 366 g/mol.